The fourth-order valence-corrected chi connectivity index (χ4v) is 4.61. The van der Waals surface area contributed by atoms with E-state index in [9.17, 15) is 13.2 Å². The van der Waals surface area contributed by atoms with Crippen molar-refractivity contribution in [3.8, 4) is 0 Å². The van der Waals surface area contributed by atoms with Gasteiger partial charge in [0.15, 0.2) is 0 Å². The van der Waals surface area contributed by atoms with Gasteiger partial charge < -0.3 is 5.32 Å². The zero-order valence-corrected chi connectivity index (χ0v) is 16.3. The van der Waals surface area contributed by atoms with Crippen LogP contribution in [-0.4, -0.2) is 31.7 Å². The van der Waals surface area contributed by atoms with Crippen LogP contribution in [0.2, 0.25) is 0 Å². The lowest BCUT2D eigenvalue weighted by Crippen LogP contribution is -2.35. The number of rotatable bonds is 5. The fourth-order valence-electron chi connectivity index (χ4n) is 2.92. The fraction of sp³-hybridized carbons (Fsp3) is 0.250. The van der Waals surface area contributed by atoms with Crippen LogP contribution < -0.4 is 5.32 Å². The first-order chi connectivity index (χ1) is 13.0. The summed E-state index contributed by atoms with van der Waals surface area (Å²) in [6, 6.07) is 15.4. The molecule has 1 aliphatic rings. The van der Waals surface area contributed by atoms with Crippen LogP contribution in [-0.2, 0) is 14.8 Å². The predicted molar refractivity (Wildman–Crippen MR) is 108 cm³/mol. The third-order valence-electron chi connectivity index (χ3n) is 4.37. The number of piperidine rings is 1. The molecule has 1 fully saturated rings. The van der Waals surface area contributed by atoms with E-state index in [1.54, 1.807) is 18.2 Å². The molecule has 1 aliphatic heterocycles. The maximum absolute atomic E-state index is 12.6. The van der Waals surface area contributed by atoms with Gasteiger partial charge >= 0.3 is 0 Å². The van der Waals surface area contributed by atoms with E-state index in [0.29, 0.717) is 18.8 Å². The van der Waals surface area contributed by atoms with Crippen molar-refractivity contribution in [2.24, 2.45) is 0 Å². The summed E-state index contributed by atoms with van der Waals surface area (Å²) in [6.45, 7) is 1.11. The summed E-state index contributed by atoms with van der Waals surface area (Å²) in [5.74, 6) is -0.452. The summed E-state index contributed by atoms with van der Waals surface area (Å²) in [7, 11) is -3.48. The van der Waals surface area contributed by atoms with Crippen LogP contribution in [0.25, 0.3) is 6.08 Å². The largest absolute Gasteiger partial charge is 0.321 e. The Bertz CT molecular complexity index is 919. The van der Waals surface area contributed by atoms with E-state index in [4.69, 9.17) is 11.6 Å². The van der Waals surface area contributed by atoms with Crippen molar-refractivity contribution < 1.29 is 13.2 Å². The number of nitrogens with one attached hydrogen (secondary N) is 1. The van der Waals surface area contributed by atoms with Crippen LogP contribution in [0.5, 0.6) is 0 Å². The Hall–Kier alpha value is -2.15. The Morgan fingerprint density at radius 1 is 0.963 bits per heavy atom. The molecular weight excluding hydrogens is 384 g/mol. The number of halogens is 1. The lowest BCUT2D eigenvalue weighted by Gasteiger charge is -2.25. The van der Waals surface area contributed by atoms with Gasteiger partial charge in [0.1, 0.15) is 5.03 Å². The molecule has 0 spiro atoms. The molecule has 2 aromatic rings. The smallest absolute Gasteiger partial charge is 0.267 e. The van der Waals surface area contributed by atoms with Crippen LogP contribution >= 0.6 is 11.6 Å². The van der Waals surface area contributed by atoms with E-state index in [1.807, 2.05) is 30.3 Å². The zero-order valence-electron chi connectivity index (χ0n) is 14.8. The van der Waals surface area contributed by atoms with Crippen LogP contribution in [0.1, 0.15) is 24.8 Å². The highest BCUT2D eigenvalue weighted by Gasteiger charge is 2.25. The molecule has 1 N–H and O–H groups in total. The third kappa shape index (κ3) is 4.97. The van der Waals surface area contributed by atoms with Crippen molar-refractivity contribution in [1.29, 1.82) is 0 Å². The molecule has 0 aromatic heterocycles. The predicted octanol–water partition coefficient (Wildman–Crippen LogP) is 4.08. The van der Waals surface area contributed by atoms with Gasteiger partial charge in [-0.15, -0.1) is 0 Å². The van der Waals surface area contributed by atoms with Crippen molar-refractivity contribution in [2.75, 3.05) is 18.4 Å². The molecule has 5 nitrogen and oxygen atoms in total. The molecule has 1 amide bonds. The Balaban J connectivity index is 1.68. The summed E-state index contributed by atoms with van der Waals surface area (Å²) in [4.78, 5) is 12.4. The Morgan fingerprint density at radius 2 is 1.59 bits per heavy atom. The molecule has 142 valence electrons. The number of sulfonamides is 1. The first-order valence-corrected chi connectivity index (χ1v) is 10.6. The highest BCUT2D eigenvalue weighted by atomic mass is 35.5. The average molecular weight is 405 g/mol. The number of benzene rings is 2. The van der Waals surface area contributed by atoms with Crippen LogP contribution in [0.15, 0.2) is 64.5 Å². The van der Waals surface area contributed by atoms with Gasteiger partial charge in [0.25, 0.3) is 5.91 Å². The van der Waals surface area contributed by atoms with E-state index < -0.39 is 15.9 Å². The third-order valence-corrected chi connectivity index (χ3v) is 6.57. The number of carbonyl (C=O) groups is 1. The van der Waals surface area contributed by atoms with E-state index in [1.165, 1.54) is 16.4 Å². The standard InChI is InChI=1S/C20H21ClN2O3S/c21-19(15-16-7-3-1-4-8-16)20(24)22-17-9-11-18(12-10-17)27(25,26)23-13-5-2-6-14-23/h1,3-4,7-12,15H,2,5-6,13-14H2,(H,22,24)/b19-15-. The van der Waals surface area contributed by atoms with E-state index in [-0.39, 0.29) is 9.93 Å². The number of hydrogen-bond acceptors (Lipinski definition) is 3. The van der Waals surface area contributed by atoms with Gasteiger partial charge in [-0.3, -0.25) is 4.79 Å². The minimum absolute atomic E-state index is 0.0474. The Kier molecular flexibility index (Phi) is 6.31. The van der Waals surface area contributed by atoms with Crippen LogP contribution in [0.4, 0.5) is 5.69 Å². The van der Waals surface area contributed by atoms with Crippen molar-refractivity contribution in [2.45, 2.75) is 24.2 Å². The molecule has 2 aromatic carbocycles. The summed E-state index contributed by atoms with van der Waals surface area (Å²) in [5.41, 5.74) is 1.30. The second-order valence-electron chi connectivity index (χ2n) is 6.35. The minimum Gasteiger partial charge on any atom is -0.321 e. The van der Waals surface area contributed by atoms with Crippen molar-refractivity contribution in [3.05, 3.63) is 65.2 Å². The summed E-state index contributed by atoms with van der Waals surface area (Å²) in [5, 5.41) is 2.72. The molecule has 0 saturated carbocycles. The van der Waals surface area contributed by atoms with Gasteiger partial charge in [0, 0.05) is 18.8 Å². The SMILES string of the molecule is O=C(Nc1ccc(S(=O)(=O)N2CCCCC2)cc1)/C(Cl)=C/c1ccccc1. The number of hydrogen-bond donors (Lipinski definition) is 1. The van der Waals surface area contributed by atoms with Crippen LogP contribution in [0.3, 0.4) is 0 Å². The lowest BCUT2D eigenvalue weighted by atomic mass is 10.2. The van der Waals surface area contributed by atoms with Crippen molar-refractivity contribution in [1.82, 2.24) is 4.31 Å². The van der Waals surface area contributed by atoms with Gasteiger partial charge in [-0.05, 0) is 48.7 Å². The second kappa shape index (κ2) is 8.69. The monoisotopic (exact) mass is 404 g/mol. The Labute approximate surface area is 164 Å². The molecule has 7 heteroatoms. The maximum Gasteiger partial charge on any atom is 0.267 e. The second-order valence-corrected chi connectivity index (χ2v) is 8.69. The molecule has 3 rings (SSSR count). The lowest BCUT2D eigenvalue weighted by molar-refractivity contribution is -0.112. The van der Waals surface area contributed by atoms with Gasteiger partial charge in [-0.1, -0.05) is 48.4 Å². The molecular formula is C20H21ClN2O3S. The average Bonchev–Trinajstić information content (AvgIpc) is 2.70. The first kappa shape index (κ1) is 19.6. The molecule has 0 radical (unpaired) electrons. The summed E-state index contributed by atoms with van der Waals surface area (Å²) >= 11 is 6.07. The molecule has 0 aliphatic carbocycles. The molecule has 1 saturated heterocycles. The summed E-state index contributed by atoms with van der Waals surface area (Å²) in [6.07, 6.45) is 4.42. The number of carbonyl (C=O) groups excluding carboxylic acids is 1. The quantitative estimate of drug-likeness (QED) is 0.763. The van der Waals surface area contributed by atoms with E-state index in [0.717, 1.165) is 24.8 Å². The van der Waals surface area contributed by atoms with E-state index in [2.05, 4.69) is 5.32 Å². The number of amides is 1. The minimum atomic E-state index is -3.48. The Morgan fingerprint density at radius 3 is 2.22 bits per heavy atom. The number of anilines is 1. The highest BCUT2D eigenvalue weighted by Crippen LogP contribution is 2.22. The molecule has 0 unspecified atom stereocenters. The highest BCUT2D eigenvalue weighted by molar-refractivity contribution is 7.89. The molecule has 0 bridgehead atoms. The van der Waals surface area contributed by atoms with Gasteiger partial charge in [-0.25, -0.2) is 8.42 Å². The molecule has 1 heterocycles. The van der Waals surface area contributed by atoms with Gasteiger partial charge in [0.2, 0.25) is 10.0 Å². The molecule has 27 heavy (non-hydrogen) atoms. The number of nitrogens with zero attached hydrogens (tertiary/aromatic N) is 1. The first-order valence-electron chi connectivity index (χ1n) is 8.80. The van der Waals surface area contributed by atoms with Crippen LogP contribution in [0, 0.1) is 0 Å². The van der Waals surface area contributed by atoms with E-state index >= 15 is 0 Å². The topological polar surface area (TPSA) is 66.5 Å². The van der Waals surface area contributed by atoms with Gasteiger partial charge in [0.05, 0.1) is 4.90 Å². The summed E-state index contributed by atoms with van der Waals surface area (Å²) < 4.78 is 26.8. The van der Waals surface area contributed by atoms with Gasteiger partial charge in [-0.2, -0.15) is 4.31 Å². The van der Waals surface area contributed by atoms with Crippen molar-refractivity contribution >= 4 is 39.3 Å². The molecule has 0 atom stereocenters. The van der Waals surface area contributed by atoms with Crippen molar-refractivity contribution in [3.63, 3.8) is 0 Å². The zero-order chi connectivity index (χ0) is 19.3. The normalized spacial score (nSPS) is 16.1. The maximum atomic E-state index is 12.6.